The Morgan fingerprint density at radius 1 is 0.429 bits per heavy atom. The Balaban J connectivity index is 0.000000264. The Hall–Kier alpha value is -1.49. The van der Waals surface area contributed by atoms with Gasteiger partial charge in [-0.1, -0.05) is 89.0 Å². The lowest BCUT2D eigenvalue weighted by Crippen LogP contribution is -1.86. The SMILES string of the molecule is Cc1cc(C)c(I)c(C)c1.Cc1ccc(C#N)cc1.Cc1ccc(I)cc1.Cc1ccc(I)cc1.Ic1ccccc1. The number of aryl methyl sites for hydroxylation is 6. The summed E-state index contributed by atoms with van der Waals surface area (Å²) in [6, 6.07) is 41.1. The van der Waals surface area contributed by atoms with Crippen LogP contribution in [0.4, 0.5) is 0 Å². The third-order valence-corrected chi connectivity index (χ3v) is 9.38. The summed E-state index contributed by atoms with van der Waals surface area (Å²) in [4.78, 5) is 0. The molecule has 42 heavy (non-hydrogen) atoms. The summed E-state index contributed by atoms with van der Waals surface area (Å²) in [6.07, 6.45) is 0. The lowest BCUT2D eigenvalue weighted by atomic mass is 10.1. The van der Waals surface area contributed by atoms with Gasteiger partial charge in [0.05, 0.1) is 11.6 Å². The Morgan fingerprint density at radius 2 is 0.762 bits per heavy atom. The maximum atomic E-state index is 8.38. The van der Waals surface area contributed by atoms with Crippen LogP contribution in [0.2, 0.25) is 0 Å². The molecule has 5 heteroatoms. The van der Waals surface area contributed by atoms with Crippen LogP contribution in [0.25, 0.3) is 0 Å². The molecule has 0 aliphatic rings. The van der Waals surface area contributed by atoms with Crippen molar-refractivity contribution < 1.29 is 0 Å². The zero-order valence-corrected chi connectivity index (χ0v) is 33.6. The van der Waals surface area contributed by atoms with Crippen molar-refractivity contribution in [2.75, 3.05) is 0 Å². The number of hydrogen-bond acceptors (Lipinski definition) is 1. The second-order valence-corrected chi connectivity index (χ2v) is 14.4. The molecule has 1 nitrogen and oxygen atoms in total. The number of benzene rings is 5. The molecule has 0 heterocycles. The standard InChI is InChI=1S/C9H11I.C8H7N.2C7H7I.C6H5I/c1-6-4-7(2)9(10)8(3)5-6;1-7-2-4-8(6-9)5-3-7;2*1-6-2-4-7(8)5-3-6;7-6-4-2-1-3-5-6/h4-5H,1-3H3;2-5H,1H3;2*2-5H,1H3;1-5H. The Bertz CT molecular complexity index is 1380. The molecule has 0 N–H and O–H groups in total. The highest BCUT2D eigenvalue weighted by Gasteiger charge is 1.97. The van der Waals surface area contributed by atoms with Crippen LogP contribution >= 0.6 is 90.4 Å². The van der Waals surface area contributed by atoms with Gasteiger partial charge in [0, 0.05) is 14.3 Å². The number of rotatable bonds is 0. The first-order valence-corrected chi connectivity index (χ1v) is 17.6. The third-order valence-electron chi connectivity index (χ3n) is 5.52. The lowest BCUT2D eigenvalue weighted by molar-refractivity contribution is 1.29. The van der Waals surface area contributed by atoms with Gasteiger partial charge in [-0.3, -0.25) is 0 Å². The van der Waals surface area contributed by atoms with Gasteiger partial charge in [0.2, 0.25) is 0 Å². The van der Waals surface area contributed by atoms with E-state index in [1.165, 1.54) is 47.7 Å². The summed E-state index contributed by atoms with van der Waals surface area (Å²) in [5, 5.41) is 8.38. The van der Waals surface area contributed by atoms with E-state index < -0.39 is 0 Å². The van der Waals surface area contributed by atoms with E-state index in [4.69, 9.17) is 5.26 Å². The molecule has 0 aliphatic heterocycles. The topological polar surface area (TPSA) is 23.8 Å². The minimum Gasteiger partial charge on any atom is -0.192 e. The van der Waals surface area contributed by atoms with Crippen molar-refractivity contribution in [3.05, 3.63) is 168 Å². The zero-order valence-electron chi connectivity index (χ0n) is 24.9. The van der Waals surface area contributed by atoms with Gasteiger partial charge in [0.1, 0.15) is 0 Å². The fraction of sp³-hybridized carbons (Fsp3) is 0.162. The first-order valence-electron chi connectivity index (χ1n) is 13.3. The largest absolute Gasteiger partial charge is 0.192 e. The van der Waals surface area contributed by atoms with Crippen LogP contribution in [0.15, 0.2) is 115 Å². The maximum absolute atomic E-state index is 8.38. The lowest BCUT2D eigenvalue weighted by Gasteiger charge is -2.03. The van der Waals surface area contributed by atoms with Gasteiger partial charge in [-0.15, -0.1) is 0 Å². The van der Waals surface area contributed by atoms with E-state index in [0.717, 1.165) is 5.56 Å². The molecular formula is C37H37I4N. The van der Waals surface area contributed by atoms with Crippen molar-refractivity contribution in [3.63, 3.8) is 0 Å². The molecule has 0 spiro atoms. The monoisotopic (exact) mass is 1000 g/mol. The molecule has 5 aromatic carbocycles. The molecule has 0 aromatic heterocycles. The van der Waals surface area contributed by atoms with Crippen LogP contribution < -0.4 is 0 Å². The Kier molecular flexibility index (Phi) is 20.3. The van der Waals surface area contributed by atoms with Gasteiger partial charge < -0.3 is 0 Å². The predicted octanol–water partition coefficient (Wildman–Crippen LogP) is 12.6. The van der Waals surface area contributed by atoms with E-state index in [2.05, 4.69) is 204 Å². The van der Waals surface area contributed by atoms with E-state index in [1.807, 2.05) is 49.4 Å². The molecule has 0 saturated heterocycles. The molecular weight excluding hydrogens is 966 g/mol. The molecule has 0 aliphatic carbocycles. The van der Waals surface area contributed by atoms with Crippen molar-refractivity contribution in [1.82, 2.24) is 0 Å². The summed E-state index contributed by atoms with van der Waals surface area (Å²) in [5.74, 6) is 0. The summed E-state index contributed by atoms with van der Waals surface area (Å²) in [5.41, 5.74) is 8.69. The van der Waals surface area contributed by atoms with E-state index in [9.17, 15) is 0 Å². The number of nitriles is 1. The fourth-order valence-corrected chi connectivity index (χ4v) is 4.72. The summed E-state index contributed by atoms with van der Waals surface area (Å²) >= 11 is 9.26. The van der Waals surface area contributed by atoms with Gasteiger partial charge in [0.25, 0.3) is 0 Å². The van der Waals surface area contributed by atoms with Crippen molar-refractivity contribution >= 4 is 90.4 Å². The first kappa shape index (κ1) is 38.5. The van der Waals surface area contributed by atoms with Gasteiger partial charge in [0.15, 0.2) is 0 Å². The van der Waals surface area contributed by atoms with Crippen molar-refractivity contribution in [2.24, 2.45) is 0 Å². The number of hydrogen-bond donors (Lipinski definition) is 0. The normalized spacial score (nSPS) is 9.17. The molecule has 5 rings (SSSR count). The molecule has 0 amide bonds. The highest BCUT2D eigenvalue weighted by atomic mass is 127. The number of halogens is 4. The first-order chi connectivity index (χ1) is 19.9. The molecule has 0 unspecified atom stereocenters. The zero-order chi connectivity index (χ0) is 31.5. The quantitative estimate of drug-likeness (QED) is 0.142. The minimum atomic E-state index is 0.723. The van der Waals surface area contributed by atoms with Crippen LogP contribution in [-0.4, -0.2) is 0 Å². The highest BCUT2D eigenvalue weighted by molar-refractivity contribution is 14.1. The molecule has 0 radical (unpaired) electrons. The second-order valence-electron chi connectivity index (χ2n) is 9.58. The molecule has 5 aromatic rings. The van der Waals surface area contributed by atoms with Crippen molar-refractivity contribution in [2.45, 2.75) is 41.5 Å². The summed E-state index contributed by atoms with van der Waals surface area (Å²) < 4.78 is 5.28. The molecule has 0 atom stereocenters. The van der Waals surface area contributed by atoms with E-state index in [1.54, 1.807) is 0 Å². The molecule has 0 fully saturated rings. The average Bonchev–Trinajstić information content (AvgIpc) is 2.97. The van der Waals surface area contributed by atoms with Gasteiger partial charge in [-0.2, -0.15) is 5.26 Å². The van der Waals surface area contributed by atoms with Crippen LogP contribution in [0, 0.1) is 67.2 Å². The van der Waals surface area contributed by atoms with Crippen LogP contribution in [0.5, 0.6) is 0 Å². The minimum absolute atomic E-state index is 0.723. The smallest absolute Gasteiger partial charge is 0.0991 e. The second kappa shape index (κ2) is 22.1. The fourth-order valence-electron chi connectivity index (χ4n) is 3.27. The summed E-state index contributed by atoms with van der Waals surface area (Å²) in [7, 11) is 0. The Morgan fingerprint density at radius 3 is 1.05 bits per heavy atom. The highest BCUT2D eigenvalue weighted by Crippen LogP contribution is 2.17. The molecule has 0 bridgehead atoms. The van der Waals surface area contributed by atoms with Gasteiger partial charge in [-0.05, 0) is 192 Å². The summed E-state index contributed by atoms with van der Waals surface area (Å²) in [6.45, 7) is 12.6. The van der Waals surface area contributed by atoms with Crippen molar-refractivity contribution in [3.8, 4) is 6.07 Å². The van der Waals surface area contributed by atoms with E-state index in [-0.39, 0.29) is 0 Å². The van der Waals surface area contributed by atoms with Crippen LogP contribution in [0.1, 0.15) is 38.9 Å². The Labute approximate surface area is 308 Å². The molecule has 218 valence electrons. The van der Waals surface area contributed by atoms with Crippen LogP contribution in [0.3, 0.4) is 0 Å². The van der Waals surface area contributed by atoms with E-state index in [0.29, 0.717) is 0 Å². The predicted molar refractivity (Wildman–Crippen MR) is 216 cm³/mol. The number of nitrogens with zero attached hydrogens (tertiary/aromatic N) is 1. The van der Waals surface area contributed by atoms with E-state index >= 15 is 0 Å². The van der Waals surface area contributed by atoms with Gasteiger partial charge >= 0.3 is 0 Å². The average molecular weight is 1000 g/mol. The molecule has 0 saturated carbocycles. The van der Waals surface area contributed by atoms with Crippen molar-refractivity contribution in [1.29, 1.82) is 5.26 Å². The third kappa shape index (κ3) is 18.2. The van der Waals surface area contributed by atoms with Gasteiger partial charge in [-0.25, -0.2) is 0 Å². The maximum Gasteiger partial charge on any atom is 0.0991 e. The van der Waals surface area contributed by atoms with Crippen LogP contribution in [-0.2, 0) is 0 Å².